The zero-order chi connectivity index (χ0) is 10.1. The third-order valence-corrected chi connectivity index (χ3v) is 1.42. The molecule has 0 heterocycles. The highest BCUT2D eigenvalue weighted by Gasteiger charge is 2.06. The van der Waals surface area contributed by atoms with Crippen LogP contribution in [-0.2, 0) is 9.47 Å². The lowest BCUT2D eigenvalue weighted by Gasteiger charge is -2.13. The molecule has 0 fully saturated rings. The van der Waals surface area contributed by atoms with Crippen LogP contribution < -0.4 is 5.32 Å². The monoisotopic (exact) mass is 193 g/mol. The number of ether oxygens (including phenoxy) is 2. The minimum absolute atomic E-state index is 0.189. The third kappa shape index (κ3) is 8.14. The van der Waals surface area contributed by atoms with Crippen LogP contribution in [0, 0.1) is 0 Å². The lowest BCUT2D eigenvalue weighted by atomic mass is 10.3. The average Bonchev–Trinajstić information content (AvgIpc) is 2.05. The molecule has 0 spiro atoms. The number of rotatable bonds is 8. The largest absolute Gasteiger partial charge is 0.389 e. The third-order valence-electron chi connectivity index (χ3n) is 1.42. The van der Waals surface area contributed by atoms with Gasteiger partial charge < -0.3 is 25.0 Å². The zero-order valence-electron chi connectivity index (χ0n) is 8.19. The smallest absolute Gasteiger partial charge is 0.101 e. The molecule has 0 aromatic heterocycles. The predicted molar refractivity (Wildman–Crippen MR) is 48.6 cm³/mol. The first kappa shape index (κ1) is 12.8. The van der Waals surface area contributed by atoms with Crippen molar-refractivity contribution in [3.05, 3.63) is 0 Å². The van der Waals surface area contributed by atoms with Crippen LogP contribution in [-0.4, -0.2) is 62.9 Å². The molecule has 5 heteroatoms. The van der Waals surface area contributed by atoms with Crippen molar-refractivity contribution in [3.8, 4) is 0 Å². The summed E-state index contributed by atoms with van der Waals surface area (Å²) in [5.41, 5.74) is 0. The maximum absolute atomic E-state index is 9.19. The SMILES string of the molecule is CNCC(O)COCC(O)COC. The van der Waals surface area contributed by atoms with Gasteiger partial charge in [-0.1, -0.05) is 0 Å². The summed E-state index contributed by atoms with van der Waals surface area (Å²) in [5, 5.41) is 21.1. The Morgan fingerprint density at radius 3 is 2.31 bits per heavy atom. The van der Waals surface area contributed by atoms with Crippen LogP contribution in [0.2, 0.25) is 0 Å². The Kier molecular flexibility index (Phi) is 8.27. The highest BCUT2D eigenvalue weighted by molar-refractivity contribution is 4.57. The summed E-state index contributed by atoms with van der Waals surface area (Å²) in [7, 11) is 3.27. The van der Waals surface area contributed by atoms with Crippen LogP contribution in [0.4, 0.5) is 0 Å². The Hall–Kier alpha value is -0.200. The van der Waals surface area contributed by atoms with E-state index in [1.54, 1.807) is 7.05 Å². The average molecular weight is 193 g/mol. The highest BCUT2D eigenvalue weighted by atomic mass is 16.5. The summed E-state index contributed by atoms with van der Waals surface area (Å²) >= 11 is 0. The number of methoxy groups -OCH3 is 1. The number of hydrogen-bond acceptors (Lipinski definition) is 5. The topological polar surface area (TPSA) is 71.0 Å². The van der Waals surface area contributed by atoms with Gasteiger partial charge in [0.2, 0.25) is 0 Å². The summed E-state index contributed by atoms with van der Waals surface area (Å²) in [5.74, 6) is 0. The number of hydrogen-bond donors (Lipinski definition) is 3. The lowest BCUT2D eigenvalue weighted by Crippen LogP contribution is -2.30. The van der Waals surface area contributed by atoms with Gasteiger partial charge in [0.05, 0.1) is 25.9 Å². The zero-order valence-corrected chi connectivity index (χ0v) is 8.19. The highest BCUT2D eigenvalue weighted by Crippen LogP contribution is 1.89. The summed E-state index contributed by atoms with van der Waals surface area (Å²) in [6.45, 7) is 1.15. The van der Waals surface area contributed by atoms with Crippen molar-refractivity contribution in [2.24, 2.45) is 0 Å². The van der Waals surface area contributed by atoms with E-state index in [1.807, 2.05) is 0 Å². The van der Waals surface area contributed by atoms with Gasteiger partial charge in [-0.05, 0) is 7.05 Å². The first-order valence-electron chi connectivity index (χ1n) is 4.28. The van der Waals surface area contributed by atoms with E-state index >= 15 is 0 Å². The van der Waals surface area contributed by atoms with Crippen molar-refractivity contribution in [2.45, 2.75) is 12.2 Å². The van der Waals surface area contributed by atoms with Gasteiger partial charge in [0.15, 0.2) is 0 Å². The molecule has 0 saturated carbocycles. The van der Waals surface area contributed by atoms with E-state index in [0.717, 1.165) is 0 Å². The van der Waals surface area contributed by atoms with Crippen molar-refractivity contribution >= 4 is 0 Å². The number of aliphatic hydroxyl groups excluding tert-OH is 2. The quantitative estimate of drug-likeness (QED) is 0.442. The summed E-state index contributed by atoms with van der Waals surface area (Å²) < 4.78 is 9.75. The summed E-state index contributed by atoms with van der Waals surface area (Å²) in [6, 6.07) is 0. The Bertz CT molecular complexity index is 100. The van der Waals surface area contributed by atoms with E-state index in [-0.39, 0.29) is 19.8 Å². The van der Waals surface area contributed by atoms with Crippen LogP contribution in [0.15, 0.2) is 0 Å². The summed E-state index contributed by atoms with van der Waals surface area (Å²) in [6.07, 6.45) is -1.15. The standard InChI is InChI=1S/C8H19NO4/c1-9-3-7(10)5-13-6-8(11)4-12-2/h7-11H,3-6H2,1-2H3. The van der Waals surface area contributed by atoms with E-state index in [2.05, 4.69) is 5.32 Å². The number of aliphatic hydroxyl groups is 2. The molecular formula is C8H19NO4. The van der Waals surface area contributed by atoms with Gasteiger partial charge in [0.25, 0.3) is 0 Å². The molecule has 0 saturated heterocycles. The second-order valence-corrected chi connectivity index (χ2v) is 2.86. The van der Waals surface area contributed by atoms with Gasteiger partial charge in [-0.25, -0.2) is 0 Å². The molecule has 0 aliphatic heterocycles. The van der Waals surface area contributed by atoms with Crippen molar-refractivity contribution in [2.75, 3.05) is 40.5 Å². The normalized spacial score (nSPS) is 15.7. The van der Waals surface area contributed by atoms with Crippen molar-refractivity contribution in [1.82, 2.24) is 5.32 Å². The molecule has 5 nitrogen and oxygen atoms in total. The van der Waals surface area contributed by atoms with Gasteiger partial charge >= 0.3 is 0 Å². The molecule has 0 aliphatic rings. The fourth-order valence-corrected chi connectivity index (χ4v) is 0.875. The molecule has 0 rings (SSSR count). The molecule has 3 N–H and O–H groups in total. The molecular weight excluding hydrogens is 174 g/mol. The Morgan fingerprint density at radius 1 is 1.15 bits per heavy atom. The maximum Gasteiger partial charge on any atom is 0.101 e. The van der Waals surface area contributed by atoms with Crippen LogP contribution in [0.3, 0.4) is 0 Å². The van der Waals surface area contributed by atoms with E-state index in [4.69, 9.17) is 14.6 Å². The Labute approximate surface area is 78.7 Å². The molecule has 0 aromatic rings. The van der Waals surface area contributed by atoms with E-state index in [0.29, 0.717) is 6.54 Å². The second kappa shape index (κ2) is 8.40. The fraction of sp³-hybridized carbons (Fsp3) is 1.00. The molecule has 0 radical (unpaired) electrons. The molecule has 0 bridgehead atoms. The van der Waals surface area contributed by atoms with Crippen LogP contribution in [0.1, 0.15) is 0 Å². The minimum Gasteiger partial charge on any atom is -0.389 e. The molecule has 2 atom stereocenters. The Balaban J connectivity index is 3.23. The van der Waals surface area contributed by atoms with Gasteiger partial charge in [0.1, 0.15) is 6.10 Å². The van der Waals surface area contributed by atoms with Gasteiger partial charge in [-0.3, -0.25) is 0 Å². The van der Waals surface area contributed by atoms with Crippen LogP contribution in [0.5, 0.6) is 0 Å². The molecule has 13 heavy (non-hydrogen) atoms. The van der Waals surface area contributed by atoms with Gasteiger partial charge in [-0.2, -0.15) is 0 Å². The molecule has 80 valence electrons. The lowest BCUT2D eigenvalue weighted by molar-refractivity contribution is -0.0305. The van der Waals surface area contributed by atoms with Crippen LogP contribution >= 0.6 is 0 Å². The molecule has 0 aliphatic carbocycles. The van der Waals surface area contributed by atoms with Crippen molar-refractivity contribution < 1.29 is 19.7 Å². The second-order valence-electron chi connectivity index (χ2n) is 2.86. The maximum atomic E-state index is 9.19. The first-order valence-corrected chi connectivity index (χ1v) is 4.28. The van der Waals surface area contributed by atoms with Gasteiger partial charge in [0, 0.05) is 13.7 Å². The number of likely N-dealkylation sites (N-methyl/N-ethyl adjacent to an activating group) is 1. The van der Waals surface area contributed by atoms with Gasteiger partial charge in [-0.15, -0.1) is 0 Å². The van der Waals surface area contributed by atoms with Crippen LogP contribution in [0.25, 0.3) is 0 Å². The fourth-order valence-electron chi connectivity index (χ4n) is 0.875. The molecule has 2 unspecified atom stereocenters. The van der Waals surface area contributed by atoms with E-state index in [9.17, 15) is 5.11 Å². The first-order chi connectivity index (χ1) is 6.20. The van der Waals surface area contributed by atoms with E-state index < -0.39 is 12.2 Å². The number of nitrogens with one attached hydrogen (secondary N) is 1. The summed E-state index contributed by atoms with van der Waals surface area (Å²) in [4.78, 5) is 0. The van der Waals surface area contributed by atoms with Crippen molar-refractivity contribution in [1.29, 1.82) is 0 Å². The molecule has 0 aromatic carbocycles. The minimum atomic E-state index is -0.619. The predicted octanol–water partition coefficient (Wildman–Crippen LogP) is -1.41. The molecule has 0 amide bonds. The van der Waals surface area contributed by atoms with Crippen molar-refractivity contribution in [3.63, 3.8) is 0 Å². The van der Waals surface area contributed by atoms with E-state index in [1.165, 1.54) is 7.11 Å². The Morgan fingerprint density at radius 2 is 1.77 bits per heavy atom.